The summed E-state index contributed by atoms with van der Waals surface area (Å²) in [6.45, 7) is 5.96. The molecule has 2 aromatic carbocycles. The minimum Gasteiger partial charge on any atom is -0.353 e. The standard InChI is InChI=1S/C28H29N5O3/c1-20-11-12-23(18-21(20)2)28(22-8-4-3-5-9-22)26(35)33(27(36)30-28)19-25(34)32-16-14-31(15-17-32)24-10-6-7-13-29-24/h3-13,18H,14-17,19H2,1-2H3,(H,30,36). The fourth-order valence-electron chi connectivity index (χ4n) is 4.90. The molecule has 4 amide bonds. The Morgan fingerprint density at radius 1 is 0.889 bits per heavy atom. The first-order valence-corrected chi connectivity index (χ1v) is 12.1. The second kappa shape index (κ2) is 9.45. The third-order valence-electron chi connectivity index (χ3n) is 7.15. The van der Waals surface area contributed by atoms with E-state index in [0.29, 0.717) is 37.3 Å². The van der Waals surface area contributed by atoms with Crippen molar-refractivity contribution in [2.75, 3.05) is 37.6 Å². The first-order chi connectivity index (χ1) is 17.4. The van der Waals surface area contributed by atoms with Crippen LogP contribution in [-0.4, -0.2) is 65.4 Å². The molecular formula is C28H29N5O3. The second-order valence-electron chi connectivity index (χ2n) is 9.29. The van der Waals surface area contributed by atoms with E-state index < -0.39 is 17.5 Å². The molecule has 8 heteroatoms. The molecule has 0 spiro atoms. The average molecular weight is 484 g/mol. The van der Waals surface area contributed by atoms with Crippen LogP contribution in [0.15, 0.2) is 72.9 Å². The lowest BCUT2D eigenvalue weighted by Crippen LogP contribution is -2.52. The molecule has 1 unspecified atom stereocenters. The third-order valence-corrected chi connectivity index (χ3v) is 7.15. The predicted octanol–water partition coefficient (Wildman–Crippen LogP) is 2.84. The number of aryl methyl sites for hydroxylation is 2. The largest absolute Gasteiger partial charge is 0.353 e. The molecule has 2 saturated heterocycles. The maximum absolute atomic E-state index is 13.9. The molecule has 3 aromatic rings. The number of amides is 4. The van der Waals surface area contributed by atoms with Crippen LogP contribution < -0.4 is 10.2 Å². The highest BCUT2D eigenvalue weighted by molar-refractivity contribution is 6.11. The Kier molecular flexibility index (Phi) is 6.18. The molecule has 5 rings (SSSR count). The zero-order chi connectivity index (χ0) is 25.3. The minimum absolute atomic E-state index is 0.247. The lowest BCUT2D eigenvalue weighted by molar-refractivity contribution is -0.138. The Morgan fingerprint density at radius 3 is 2.28 bits per heavy atom. The van der Waals surface area contributed by atoms with Crippen molar-refractivity contribution in [3.05, 3.63) is 95.2 Å². The number of aromatic nitrogens is 1. The maximum atomic E-state index is 13.9. The van der Waals surface area contributed by atoms with Crippen molar-refractivity contribution in [3.8, 4) is 0 Å². The first-order valence-electron chi connectivity index (χ1n) is 12.1. The smallest absolute Gasteiger partial charge is 0.326 e. The number of anilines is 1. The summed E-state index contributed by atoms with van der Waals surface area (Å²) in [4.78, 5) is 49.6. The van der Waals surface area contributed by atoms with Gasteiger partial charge >= 0.3 is 6.03 Å². The molecule has 0 radical (unpaired) electrons. The number of nitrogens with zero attached hydrogens (tertiary/aromatic N) is 4. The zero-order valence-corrected chi connectivity index (χ0v) is 20.5. The van der Waals surface area contributed by atoms with Crippen LogP contribution in [0, 0.1) is 13.8 Å². The van der Waals surface area contributed by atoms with Crippen LogP contribution in [0.5, 0.6) is 0 Å². The van der Waals surface area contributed by atoms with Crippen molar-refractivity contribution in [2.45, 2.75) is 19.4 Å². The number of hydrogen-bond acceptors (Lipinski definition) is 5. The second-order valence-corrected chi connectivity index (χ2v) is 9.29. The van der Waals surface area contributed by atoms with Crippen LogP contribution in [-0.2, 0) is 15.1 Å². The van der Waals surface area contributed by atoms with Crippen LogP contribution >= 0.6 is 0 Å². The summed E-state index contributed by atoms with van der Waals surface area (Å²) in [5.41, 5.74) is 2.06. The molecule has 0 aliphatic carbocycles. The number of nitrogens with one attached hydrogen (secondary N) is 1. The van der Waals surface area contributed by atoms with Gasteiger partial charge in [0.25, 0.3) is 5.91 Å². The van der Waals surface area contributed by atoms with E-state index in [0.717, 1.165) is 21.8 Å². The van der Waals surface area contributed by atoms with E-state index in [1.807, 2.05) is 80.6 Å². The Balaban J connectivity index is 1.37. The van der Waals surface area contributed by atoms with Crippen molar-refractivity contribution in [1.29, 1.82) is 0 Å². The van der Waals surface area contributed by atoms with E-state index in [2.05, 4.69) is 15.2 Å². The molecule has 3 heterocycles. The highest BCUT2D eigenvalue weighted by Gasteiger charge is 2.54. The molecular weight excluding hydrogens is 454 g/mol. The van der Waals surface area contributed by atoms with E-state index in [4.69, 9.17) is 0 Å². The SMILES string of the molecule is Cc1ccc(C2(c3ccccc3)NC(=O)N(CC(=O)N3CCN(c4ccccn4)CC3)C2=O)cc1C. The Labute approximate surface area is 210 Å². The fraction of sp³-hybridized carbons (Fsp3) is 0.286. The highest BCUT2D eigenvalue weighted by Crippen LogP contribution is 2.36. The number of carbonyl (C=O) groups is 3. The average Bonchev–Trinajstić information content (AvgIpc) is 3.17. The van der Waals surface area contributed by atoms with Gasteiger partial charge in [-0.05, 0) is 48.2 Å². The van der Waals surface area contributed by atoms with E-state index in [9.17, 15) is 14.4 Å². The monoisotopic (exact) mass is 483 g/mol. The normalized spacial score (nSPS) is 20.0. The van der Waals surface area contributed by atoms with Gasteiger partial charge in [0.05, 0.1) is 0 Å². The van der Waals surface area contributed by atoms with Crippen LogP contribution in [0.25, 0.3) is 0 Å². The van der Waals surface area contributed by atoms with Crippen molar-refractivity contribution in [3.63, 3.8) is 0 Å². The summed E-state index contributed by atoms with van der Waals surface area (Å²) in [5, 5.41) is 2.93. The Hall–Kier alpha value is -4.20. The molecule has 0 bridgehead atoms. The van der Waals surface area contributed by atoms with E-state index in [1.165, 1.54) is 0 Å². The summed E-state index contributed by atoms with van der Waals surface area (Å²) in [7, 11) is 0. The number of rotatable bonds is 5. The summed E-state index contributed by atoms with van der Waals surface area (Å²) in [5.74, 6) is 0.185. The maximum Gasteiger partial charge on any atom is 0.326 e. The Bertz CT molecular complexity index is 1290. The summed E-state index contributed by atoms with van der Waals surface area (Å²) in [6.07, 6.45) is 1.75. The number of benzene rings is 2. The van der Waals surface area contributed by atoms with Gasteiger partial charge in [0.1, 0.15) is 12.4 Å². The van der Waals surface area contributed by atoms with Gasteiger partial charge in [-0.2, -0.15) is 0 Å². The number of hydrogen-bond donors (Lipinski definition) is 1. The van der Waals surface area contributed by atoms with Gasteiger partial charge in [-0.1, -0.05) is 54.6 Å². The van der Waals surface area contributed by atoms with Gasteiger partial charge in [-0.25, -0.2) is 9.78 Å². The Morgan fingerprint density at radius 2 is 1.61 bits per heavy atom. The van der Waals surface area contributed by atoms with Crippen molar-refractivity contribution < 1.29 is 14.4 Å². The number of urea groups is 1. The van der Waals surface area contributed by atoms with Gasteiger partial charge in [-0.3, -0.25) is 14.5 Å². The van der Waals surface area contributed by atoms with Crippen LogP contribution in [0.3, 0.4) is 0 Å². The highest BCUT2D eigenvalue weighted by atomic mass is 16.2. The van der Waals surface area contributed by atoms with Crippen LogP contribution in [0.1, 0.15) is 22.3 Å². The van der Waals surface area contributed by atoms with Crippen molar-refractivity contribution in [1.82, 2.24) is 20.1 Å². The van der Waals surface area contributed by atoms with E-state index in [-0.39, 0.29) is 12.5 Å². The molecule has 36 heavy (non-hydrogen) atoms. The van der Waals surface area contributed by atoms with E-state index >= 15 is 0 Å². The van der Waals surface area contributed by atoms with Gasteiger partial charge in [0.2, 0.25) is 5.91 Å². The predicted molar refractivity (Wildman–Crippen MR) is 136 cm³/mol. The number of imide groups is 1. The first kappa shape index (κ1) is 23.5. The number of pyridine rings is 1. The van der Waals surface area contributed by atoms with Crippen molar-refractivity contribution >= 4 is 23.7 Å². The lowest BCUT2D eigenvalue weighted by atomic mass is 9.81. The zero-order valence-electron chi connectivity index (χ0n) is 20.5. The van der Waals surface area contributed by atoms with Gasteiger partial charge in [0, 0.05) is 32.4 Å². The number of piperazine rings is 1. The molecule has 8 nitrogen and oxygen atoms in total. The molecule has 0 saturated carbocycles. The molecule has 184 valence electrons. The summed E-state index contributed by atoms with van der Waals surface area (Å²) in [6, 6.07) is 20.1. The van der Waals surface area contributed by atoms with Gasteiger partial charge in [-0.15, -0.1) is 0 Å². The molecule has 1 aromatic heterocycles. The van der Waals surface area contributed by atoms with Crippen LogP contribution in [0.4, 0.5) is 10.6 Å². The van der Waals surface area contributed by atoms with E-state index in [1.54, 1.807) is 11.1 Å². The minimum atomic E-state index is -1.38. The van der Waals surface area contributed by atoms with Crippen molar-refractivity contribution in [2.24, 2.45) is 0 Å². The fourth-order valence-corrected chi connectivity index (χ4v) is 4.90. The quantitative estimate of drug-likeness (QED) is 0.564. The number of carbonyl (C=O) groups excluding carboxylic acids is 3. The molecule has 2 aliphatic heterocycles. The lowest BCUT2D eigenvalue weighted by Gasteiger charge is -2.36. The molecule has 1 atom stereocenters. The molecule has 2 aliphatic rings. The van der Waals surface area contributed by atoms with Crippen LogP contribution in [0.2, 0.25) is 0 Å². The van der Waals surface area contributed by atoms with Gasteiger partial charge in [0.15, 0.2) is 5.54 Å². The topological polar surface area (TPSA) is 85.8 Å². The molecule has 1 N–H and O–H groups in total. The summed E-state index contributed by atoms with van der Waals surface area (Å²) >= 11 is 0. The summed E-state index contributed by atoms with van der Waals surface area (Å²) < 4.78 is 0. The third kappa shape index (κ3) is 4.08. The van der Waals surface area contributed by atoms with Gasteiger partial charge < -0.3 is 15.1 Å². The molecule has 2 fully saturated rings.